The zero-order valence-corrected chi connectivity index (χ0v) is 21.1. The topological polar surface area (TPSA) is 188 Å². The van der Waals surface area contributed by atoms with Crippen molar-refractivity contribution in [3.05, 3.63) is 77.6 Å². The van der Waals surface area contributed by atoms with E-state index in [9.17, 15) is 4.79 Å². The highest BCUT2D eigenvalue weighted by Gasteiger charge is 2.38. The Morgan fingerprint density at radius 1 is 1.21 bits per heavy atom. The number of amides is 2. The molecule has 1 aliphatic heterocycles. The molecule has 2 atom stereocenters. The number of carboxylic acids is 1. The summed E-state index contributed by atoms with van der Waals surface area (Å²) < 4.78 is 10.8. The maximum absolute atomic E-state index is 12.4. The van der Waals surface area contributed by atoms with Crippen molar-refractivity contribution < 1.29 is 24.2 Å². The quantitative estimate of drug-likeness (QED) is 0.180. The Hall–Kier alpha value is -4.91. The molecule has 1 unspecified atom stereocenters. The van der Waals surface area contributed by atoms with Crippen LogP contribution in [-0.2, 0) is 16.1 Å². The van der Waals surface area contributed by atoms with E-state index in [4.69, 9.17) is 30.5 Å². The molecule has 2 heterocycles. The Balaban J connectivity index is 0.000000934. The van der Waals surface area contributed by atoms with Gasteiger partial charge in [-0.15, -0.1) is 0 Å². The molecule has 0 radical (unpaired) electrons. The number of aromatic nitrogens is 2. The van der Waals surface area contributed by atoms with E-state index in [-0.39, 0.29) is 11.9 Å². The molecule has 3 aromatic rings. The lowest BCUT2D eigenvalue weighted by Gasteiger charge is -2.31. The van der Waals surface area contributed by atoms with Crippen LogP contribution in [0.25, 0.3) is 0 Å². The molecule has 0 saturated carbocycles. The Morgan fingerprint density at radius 3 is 2.45 bits per heavy atom. The smallest absolute Gasteiger partial charge is 0.335 e. The number of carbonyl (C=O) groups excluding carboxylic acids is 1. The summed E-state index contributed by atoms with van der Waals surface area (Å²) in [7, 11) is 3.22. The number of nitrogen functional groups attached to an aromatic ring is 1. The molecule has 38 heavy (non-hydrogen) atoms. The molecule has 1 aliphatic rings. The fourth-order valence-corrected chi connectivity index (χ4v) is 3.74. The number of nitrogens with one attached hydrogen (secondary N) is 4. The Morgan fingerprint density at radius 2 is 1.87 bits per heavy atom. The van der Waals surface area contributed by atoms with E-state index in [1.54, 1.807) is 49.8 Å². The Labute approximate surface area is 219 Å². The first-order chi connectivity index (χ1) is 18.2. The Kier molecular flexibility index (Phi) is 9.37. The number of hydrogen-bond acceptors (Lipinski definition) is 9. The zero-order chi connectivity index (χ0) is 27.7. The van der Waals surface area contributed by atoms with Gasteiger partial charge in [0.2, 0.25) is 5.95 Å². The lowest BCUT2D eigenvalue weighted by Crippen LogP contribution is -2.47. The summed E-state index contributed by atoms with van der Waals surface area (Å²) in [5, 5.41) is 23.1. The first-order valence-electron chi connectivity index (χ1n) is 11.4. The molecular weight excluding hydrogens is 492 g/mol. The van der Waals surface area contributed by atoms with Crippen molar-refractivity contribution in [1.82, 2.24) is 20.7 Å². The van der Waals surface area contributed by atoms with Gasteiger partial charge in [-0.2, -0.15) is 0 Å². The summed E-state index contributed by atoms with van der Waals surface area (Å²) in [6.45, 7) is 1.48. The molecule has 0 bridgehead atoms. The fourth-order valence-electron chi connectivity index (χ4n) is 3.74. The summed E-state index contributed by atoms with van der Waals surface area (Å²) >= 11 is 0. The van der Waals surface area contributed by atoms with Gasteiger partial charge >= 0.3 is 6.03 Å². The van der Waals surface area contributed by atoms with Crippen molar-refractivity contribution in [3.63, 3.8) is 0 Å². The number of hydrogen-bond donors (Lipinski definition) is 6. The first-order valence-corrected chi connectivity index (χ1v) is 11.4. The molecule has 200 valence electrons. The molecule has 2 aromatic carbocycles. The molecule has 13 heteroatoms. The largest absolute Gasteiger partial charge is 0.497 e. The summed E-state index contributed by atoms with van der Waals surface area (Å²) in [6.07, 6.45) is 2.62. The van der Waals surface area contributed by atoms with Gasteiger partial charge in [-0.3, -0.25) is 10.2 Å². The lowest BCUT2D eigenvalue weighted by atomic mass is 10.00. The van der Waals surface area contributed by atoms with Crippen LogP contribution in [0.2, 0.25) is 0 Å². The van der Waals surface area contributed by atoms with Crippen LogP contribution in [-0.4, -0.2) is 53.3 Å². The van der Waals surface area contributed by atoms with Crippen molar-refractivity contribution in [1.29, 1.82) is 5.41 Å². The molecule has 7 N–H and O–H groups in total. The zero-order valence-electron chi connectivity index (χ0n) is 21.1. The summed E-state index contributed by atoms with van der Waals surface area (Å²) in [5.41, 5.74) is 11.5. The number of rotatable bonds is 9. The van der Waals surface area contributed by atoms with Gasteiger partial charge in [-0.1, -0.05) is 6.07 Å². The van der Waals surface area contributed by atoms with Crippen LogP contribution in [0.5, 0.6) is 5.75 Å². The molecule has 13 nitrogen and oxygen atoms in total. The normalized spacial score (nSPS) is 14.9. The lowest BCUT2D eigenvalue weighted by molar-refractivity contribution is -0.134. The maximum atomic E-state index is 12.4. The number of methoxy groups -OCH3 is 2. The van der Waals surface area contributed by atoms with Gasteiger partial charge in [-0.25, -0.2) is 25.2 Å². The van der Waals surface area contributed by atoms with Crippen LogP contribution < -0.4 is 31.5 Å². The highest BCUT2D eigenvalue weighted by atomic mass is 16.5. The van der Waals surface area contributed by atoms with E-state index in [2.05, 4.69) is 26.0 Å². The SMILES string of the molecule is CC(=O)O.COCc1cc(OC)cc(C(Nc2ccc(C(=N)N)cc2)[C@H]2NC(=O)NN2c2ncccn2)c1. The maximum Gasteiger partial charge on any atom is 0.335 e. The second-order valence-corrected chi connectivity index (χ2v) is 8.13. The van der Waals surface area contributed by atoms with Gasteiger partial charge < -0.3 is 30.9 Å². The standard InChI is InChI=1S/C23H26N8O3.C2H4O2/c1-33-13-14-10-16(12-18(11-14)34-2)19(28-17-6-4-15(5-7-17)20(24)25)21-29-23(32)30-31(21)22-26-8-3-9-27-22;1-2(3)4/h3-12,19,21,28H,13H2,1-2H3,(H3,24,25)(H2,29,30,32);1H3,(H,3,4)/t19?,21-;/m0./s1. The number of carbonyl (C=O) groups is 2. The Bertz CT molecular complexity index is 1250. The summed E-state index contributed by atoms with van der Waals surface area (Å²) in [4.78, 5) is 30.0. The van der Waals surface area contributed by atoms with Gasteiger partial charge in [-0.05, 0) is 53.6 Å². The molecule has 0 spiro atoms. The highest BCUT2D eigenvalue weighted by Crippen LogP contribution is 2.31. The van der Waals surface area contributed by atoms with Crippen molar-refractivity contribution in [2.24, 2.45) is 5.73 Å². The predicted molar refractivity (Wildman–Crippen MR) is 141 cm³/mol. The van der Waals surface area contributed by atoms with Crippen LogP contribution in [0.15, 0.2) is 60.9 Å². The predicted octanol–water partition coefficient (Wildman–Crippen LogP) is 2.22. The minimum Gasteiger partial charge on any atom is -0.497 e. The fraction of sp³-hybridized carbons (Fsp3) is 0.240. The minimum atomic E-state index is -0.833. The molecular formula is C25H30N8O5. The third-order valence-corrected chi connectivity index (χ3v) is 5.28. The van der Waals surface area contributed by atoms with Crippen LogP contribution in [0.3, 0.4) is 0 Å². The van der Waals surface area contributed by atoms with Crippen LogP contribution >= 0.6 is 0 Å². The van der Waals surface area contributed by atoms with Crippen molar-refractivity contribution >= 4 is 29.5 Å². The van der Waals surface area contributed by atoms with Crippen LogP contribution in [0.1, 0.15) is 29.7 Å². The van der Waals surface area contributed by atoms with Crippen LogP contribution in [0, 0.1) is 5.41 Å². The number of amidine groups is 1. The van der Waals surface area contributed by atoms with Gasteiger partial charge in [0.05, 0.1) is 19.8 Å². The van der Waals surface area contributed by atoms with E-state index in [0.717, 1.165) is 23.7 Å². The minimum absolute atomic E-state index is 0.0141. The van der Waals surface area contributed by atoms with E-state index in [1.807, 2.05) is 30.3 Å². The molecule has 4 rings (SSSR count). The molecule has 0 aliphatic carbocycles. The number of carboxylic acid groups (broad SMARTS) is 1. The van der Waals surface area contributed by atoms with E-state index in [0.29, 0.717) is 23.9 Å². The van der Waals surface area contributed by atoms with Gasteiger partial charge in [0.25, 0.3) is 5.97 Å². The van der Waals surface area contributed by atoms with Crippen LogP contribution in [0.4, 0.5) is 16.4 Å². The number of nitrogens with two attached hydrogens (primary N) is 1. The third kappa shape index (κ3) is 7.30. The molecule has 1 saturated heterocycles. The summed E-state index contributed by atoms with van der Waals surface area (Å²) in [5.74, 6) is 0.146. The number of hydrazine groups is 1. The number of nitrogens with zero attached hydrogens (tertiary/aromatic N) is 3. The third-order valence-electron chi connectivity index (χ3n) is 5.28. The van der Waals surface area contributed by atoms with E-state index in [1.165, 1.54) is 0 Å². The molecule has 2 amide bonds. The van der Waals surface area contributed by atoms with Crippen molar-refractivity contribution in [2.45, 2.75) is 25.7 Å². The van der Waals surface area contributed by atoms with E-state index < -0.39 is 18.2 Å². The summed E-state index contributed by atoms with van der Waals surface area (Å²) in [6, 6.07) is 13.8. The second-order valence-electron chi connectivity index (χ2n) is 8.13. The second kappa shape index (κ2) is 12.9. The highest BCUT2D eigenvalue weighted by molar-refractivity contribution is 5.95. The van der Waals surface area contributed by atoms with Crippen molar-refractivity contribution in [2.75, 3.05) is 24.5 Å². The average molecular weight is 523 g/mol. The molecule has 1 fully saturated rings. The monoisotopic (exact) mass is 522 g/mol. The van der Waals surface area contributed by atoms with Gasteiger partial charge in [0.15, 0.2) is 6.17 Å². The number of benzene rings is 2. The van der Waals surface area contributed by atoms with Gasteiger partial charge in [0, 0.05) is 37.7 Å². The number of urea groups is 1. The number of anilines is 2. The first kappa shape index (κ1) is 27.7. The molecule has 1 aromatic heterocycles. The van der Waals surface area contributed by atoms with Crippen molar-refractivity contribution in [3.8, 4) is 5.75 Å². The van der Waals surface area contributed by atoms with Gasteiger partial charge in [0.1, 0.15) is 11.6 Å². The number of ether oxygens (including phenoxy) is 2. The van der Waals surface area contributed by atoms with E-state index >= 15 is 0 Å². The average Bonchev–Trinajstić information content (AvgIpc) is 3.29. The number of aliphatic carboxylic acids is 1.